The van der Waals surface area contributed by atoms with Gasteiger partial charge in [0.15, 0.2) is 5.82 Å². The van der Waals surface area contributed by atoms with Gasteiger partial charge < -0.3 is 9.42 Å². The van der Waals surface area contributed by atoms with Gasteiger partial charge in [-0.15, -0.1) is 0 Å². The standard InChI is InChI=1S/C30H30FN3O2/c1-22-7-9-24(10-8-22)21-27-32-29(33-36-27)30(25-5-3-2-4-6-25)17-19-34(20-18-30)28(35)16-13-23-11-14-26(31)15-12-23/h2-12,14-15H,13,16-21H2,1H3. The quantitative estimate of drug-likeness (QED) is 0.341. The van der Waals surface area contributed by atoms with Crippen molar-refractivity contribution < 1.29 is 13.7 Å². The third kappa shape index (κ3) is 5.23. The molecule has 0 atom stereocenters. The molecule has 1 amide bonds. The highest BCUT2D eigenvalue weighted by Crippen LogP contribution is 2.40. The Bertz CT molecular complexity index is 1290. The van der Waals surface area contributed by atoms with Crippen molar-refractivity contribution in [3.63, 3.8) is 0 Å². The lowest BCUT2D eigenvalue weighted by molar-refractivity contribution is -0.132. The highest BCUT2D eigenvalue weighted by Gasteiger charge is 2.42. The van der Waals surface area contributed by atoms with Crippen LogP contribution in [0.25, 0.3) is 0 Å². The number of rotatable bonds is 7. The van der Waals surface area contributed by atoms with Crippen molar-refractivity contribution in [3.8, 4) is 0 Å². The molecule has 5 rings (SSSR count). The molecule has 0 bridgehead atoms. The first-order valence-corrected chi connectivity index (χ1v) is 12.5. The van der Waals surface area contributed by atoms with Gasteiger partial charge in [-0.05, 0) is 55.0 Å². The van der Waals surface area contributed by atoms with Crippen molar-refractivity contribution in [2.45, 2.75) is 44.4 Å². The summed E-state index contributed by atoms with van der Waals surface area (Å²) >= 11 is 0. The van der Waals surface area contributed by atoms with E-state index in [9.17, 15) is 9.18 Å². The first-order chi connectivity index (χ1) is 17.5. The molecule has 1 aliphatic heterocycles. The number of hydrogen-bond acceptors (Lipinski definition) is 4. The third-order valence-corrected chi connectivity index (χ3v) is 7.21. The molecule has 4 aromatic rings. The highest BCUT2D eigenvalue weighted by atomic mass is 19.1. The summed E-state index contributed by atoms with van der Waals surface area (Å²) in [4.78, 5) is 19.7. The number of piperidine rings is 1. The van der Waals surface area contributed by atoms with Crippen LogP contribution in [-0.2, 0) is 23.1 Å². The minimum Gasteiger partial charge on any atom is -0.343 e. The van der Waals surface area contributed by atoms with E-state index in [0.29, 0.717) is 44.1 Å². The van der Waals surface area contributed by atoms with Gasteiger partial charge in [-0.1, -0.05) is 77.5 Å². The largest absolute Gasteiger partial charge is 0.343 e. The summed E-state index contributed by atoms with van der Waals surface area (Å²) in [5.41, 5.74) is 4.06. The zero-order valence-corrected chi connectivity index (χ0v) is 20.5. The molecule has 0 radical (unpaired) electrons. The summed E-state index contributed by atoms with van der Waals surface area (Å²) in [6.07, 6.45) is 3.05. The molecule has 1 aliphatic rings. The van der Waals surface area contributed by atoms with Crippen molar-refractivity contribution in [3.05, 3.63) is 119 Å². The Kier molecular flexibility index (Phi) is 6.94. The molecule has 0 saturated carbocycles. The second-order valence-electron chi connectivity index (χ2n) is 9.63. The highest BCUT2D eigenvalue weighted by molar-refractivity contribution is 5.76. The molecule has 2 heterocycles. The number of nitrogens with zero attached hydrogens (tertiary/aromatic N) is 3. The fraction of sp³-hybridized carbons (Fsp3) is 0.300. The van der Waals surface area contributed by atoms with E-state index in [1.807, 2.05) is 23.1 Å². The normalized spacial score (nSPS) is 15.1. The molecule has 0 unspecified atom stereocenters. The van der Waals surface area contributed by atoms with Gasteiger partial charge in [0.25, 0.3) is 0 Å². The van der Waals surface area contributed by atoms with Gasteiger partial charge >= 0.3 is 0 Å². The maximum Gasteiger partial charge on any atom is 0.231 e. The molecular weight excluding hydrogens is 453 g/mol. The van der Waals surface area contributed by atoms with Crippen LogP contribution in [0, 0.1) is 12.7 Å². The molecule has 1 aromatic heterocycles. The molecule has 6 heteroatoms. The number of aryl methyl sites for hydroxylation is 2. The van der Waals surface area contributed by atoms with Gasteiger partial charge in [0.05, 0.1) is 11.8 Å². The molecule has 0 N–H and O–H groups in total. The number of hydrogen-bond donors (Lipinski definition) is 0. The van der Waals surface area contributed by atoms with Gasteiger partial charge in [0.1, 0.15) is 5.82 Å². The maximum atomic E-state index is 13.2. The number of likely N-dealkylation sites (tertiary alicyclic amines) is 1. The van der Waals surface area contributed by atoms with E-state index < -0.39 is 5.41 Å². The van der Waals surface area contributed by atoms with Gasteiger partial charge in [-0.2, -0.15) is 4.98 Å². The lowest BCUT2D eigenvalue weighted by Gasteiger charge is -2.40. The van der Waals surface area contributed by atoms with Crippen LogP contribution in [0.2, 0.25) is 0 Å². The molecule has 5 nitrogen and oxygen atoms in total. The Morgan fingerprint density at radius 3 is 2.31 bits per heavy atom. The molecule has 184 valence electrons. The predicted molar refractivity (Wildman–Crippen MR) is 136 cm³/mol. The van der Waals surface area contributed by atoms with Gasteiger partial charge in [0.2, 0.25) is 11.8 Å². The Labute approximate surface area is 211 Å². The lowest BCUT2D eigenvalue weighted by Crippen LogP contribution is -2.46. The van der Waals surface area contributed by atoms with E-state index >= 15 is 0 Å². The molecular formula is C30H30FN3O2. The Morgan fingerprint density at radius 2 is 1.61 bits per heavy atom. The van der Waals surface area contributed by atoms with Crippen LogP contribution in [0.4, 0.5) is 4.39 Å². The number of amides is 1. The molecule has 36 heavy (non-hydrogen) atoms. The molecule has 1 fully saturated rings. The summed E-state index contributed by atoms with van der Waals surface area (Å²) < 4.78 is 18.9. The minimum absolute atomic E-state index is 0.120. The number of benzene rings is 3. The van der Waals surface area contributed by atoms with Gasteiger partial charge in [-0.25, -0.2) is 4.39 Å². The van der Waals surface area contributed by atoms with E-state index in [1.165, 1.54) is 17.7 Å². The van der Waals surface area contributed by atoms with Crippen molar-refractivity contribution >= 4 is 5.91 Å². The van der Waals surface area contributed by atoms with Crippen LogP contribution >= 0.6 is 0 Å². The summed E-state index contributed by atoms with van der Waals surface area (Å²) in [5.74, 6) is 1.15. The minimum atomic E-state index is -0.399. The summed E-state index contributed by atoms with van der Waals surface area (Å²) in [6.45, 7) is 3.32. The van der Waals surface area contributed by atoms with Crippen LogP contribution in [0.1, 0.15) is 53.2 Å². The summed E-state index contributed by atoms with van der Waals surface area (Å²) in [6, 6.07) is 25.0. The fourth-order valence-corrected chi connectivity index (χ4v) is 5.00. The van der Waals surface area contributed by atoms with Crippen molar-refractivity contribution in [1.29, 1.82) is 0 Å². The second kappa shape index (κ2) is 10.4. The van der Waals surface area contributed by atoms with Crippen molar-refractivity contribution in [1.82, 2.24) is 15.0 Å². The van der Waals surface area contributed by atoms with E-state index in [1.54, 1.807) is 12.1 Å². The predicted octanol–water partition coefficient (Wildman–Crippen LogP) is 5.65. The number of aromatic nitrogens is 2. The summed E-state index contributed by atoms with van der Waals surface area (Å²) in [5, 5.41) is 4.43. The van der Waals surface area contributed by atoms with E-state index in [-0.39, 0.29) is 11.7 Å². The second-order valence-corrected chi connectivity index (χ2v) is 9.63. The van der Waals surface area contributed by atoms with E-state index in [4.69, 9.17) is 9.51 Å². The zero-order valence-electron chi connectivity index (χ0n) is 20.5. The van der Waals surface area contributed by atoms with Crippen LogP contribution in [0.5, 0.6) is 0 Å². The smallest absolute Gasteiger partial charge is 0.231 e. The van der Waals surface area contributed by atoms with Gasteiger partial charge in [0, 0.05) is 19.5 Å². The summed E-state index contributed by atoms with van der Waals surface area (Å²) in [7, 11) is 0. The number of carbonyl (C=O) groups excluding carboxylic acids is 1. The van der Waals surface area contributed by atoms with Gasteiger partial charge in [-0.3, -0.25) is 4.79 Å². The SMILES string of the molecule is Cc1ccc(Cc2nc(C3(c4ccccc4)CCN(C(=O)CCc4ccc(F)cc4)CC3)no2)cc1. The third-order valence-electron chi connectivity index (χ3n) is 7.21. The van der Waals surface area contributed by atoms with Crippen molar-refractivity contribution in [2.24, 2.45) is 0 Å². The number of carbonyl (C=O) groups is 1. The average molecular weight is 484 g/mol. The number of halogens is 1. The van der Waals surface area contributed by atoms with Crippen LogP contribution in [-0.4, -0.2) is 34.0 Å². The maximum absolute atomic E-state index is 13.2. The van der Waals surface area contributed by atoms with Crippen molar-refractivity contribution in [2.75, 3.05) is 13.1 Å². The Hall–Kier alpha value is -3.80. The topological polar surface area (TPSA) is 59.2 Å². The first kappa shape index (κ1) is 23.9. The van der Waals surface area contributed by atoms with Crippen LogP contribution < -0.4 is 0 Å². The van der Waals surface area contributed by atoms with E-state index in [0.717, 1.165) is 29.5 Å². The molecule has 1 saturated heterocycles. The Morgan fingerprint density at radius 1 is 0.944 bits per heavy atom. The molecule has 0 aliphatic carbocycles. The van der Waals surface area contributed by atoms with E-state index in [2.05, 4.69) is 48.5 Å². The van der Waals surface area contributed by atoms with Crippen LogP contribution in [0.3, 0.4) is 0 Å². The first-order valence-electron chi connectivity index (χ1n) is 12.5. The molecule has 0 spiro atoms. The van der Waals surface area contributed by atoms with Crippen LogP contribution in [0.15, 0.2) is 83.4 Å². The average Bonchev–Trinajstić information content (AvgIpc) is 3.39. The Balaban J connectivity index is 1.30. The fourth-order valence-electron chi connectivity index (χ4n) is 5.00. The zero-order chi connectivity index (χ0) is 25.0. The lowest BCUT2D eigenvalue weighted by atomic mass is 9.72. The molecule has 3 aromatic carbocycles. The monoisotopic (exact) mass is 483 g/mol.